The van der Waals surface area contributed by atoms with E-state index in [0.717, 1.165) is 15.7 Å². The van der Waals surface area contributed by atoms with Gasteiger partial charge in [0, 0.05) is 16.9 Å². The summed E-state index contributed by atoms with van der Waals surface area (Å²) in [5, 5.41) is 1.66. The van der Waals surface area contributed by atoms with Crippen LogP contribution in [0.1, 0.15) is 11.6 Å². The number of amides is 2. The highest BCUT2D eigenvalue weighted by Gasteiger charge is 2.60. The highest BCUT2D eigenvalue weighted by Crippen LogP contribution is 2.47. The molecule has 0 N–H and O–H groups in total. The molecule has 3 atom stereocenters. The van der Waals surface area contributed by atoms with Gasteiger partial charge in [0.25, 0.3) is 5.91 Å². The van der Waals surface area contributed by atoms with Gasteiger partial charge in [0.1, 0.15) is 5.92 Å². The van der Waals surface area contributed by atoms with Crippen molar-refractivity contribution in [3.05, 3.63) is 89.2 Å². The lowest BCUT2D eigenvalue weighted by Gasteiger charge is -2.28. The number of hydrogen-bond acceptors (Lipinski definition) is 5. The van der Waals surface area contributed by atoms with Crippen LogP contribution in [0.5, 0.6) is 0 Å². The number of imide groups is 1. The van der Waals surface area contributed by atoms with Gasteiger partial charge in [-0.1, -0.05) is 40.2 Å². The average Bonchev–Trinajstić information content (AvgIpc) is 3.26. The van der Waals surface area contributed by atoms with E-state index in [4.69, 9.17) is 4.84 Å². The van der Waals surface area contributed by atoms with Gasteiger partial charge in [0.05, 0.1) is 17.4 Å². The molecule has 2 fully saturated rings. The van der Waals surface area contributed by atoms with Crippen molar-refractivity contribution in [3.63, 3.8) is 0 Å². The van der Waals surface area contributed by atoms with Crippen molar-refractivity contribution in [2.75, 3.05) is 9.96 Å². The van der Waals surface area contributed by atoms with Crippen LogP contribution in [0.25, 0.3) is 0 Å². The minimum absolute atomic E-state index is 0.264. The van der Waals surface area contributed by atoms with E-state index in [2.05, 4.69) is 20.9 Å². The number of pyridine rings is 1. The topological polar surface area (TPSA) is 62.7 Å². The molecule has 2 saturated heterocycles. The van der Waals surface area contributed by atoms with Crippen LogP contribution in [0, 0.1) is 5.92 Å². The van der Waals surface area contributed by atoms with Crippen molar-refractivity contribution >= 4 is 39.1 Å². The number of halogens is 1. The second-order valence-corrected chi connectivity index (χ2v) is 7.85. The van der Waals surface area contributed by atoms with Crippen LogP contribution in [0.4, 0.5) is 11.4 Å². The third kappa shape index (κ3) is 2.94. The summed E-state index contributed by atoms with van der Waals surface area (Å²) in [6, 6.07) is 19.8. The summed E-state index contributed by atoms with van der Waals surface area (Å²) in [5.74, 6) is -1.27. The Labute approximate surface area is 175 Å². The molecule has 1 aromatic heterocycles. The lowest BCUT2D eigenvalue weighted by molar-refractivity contribution is -0.126. The molecule has 0 radical (unpaired) electrons. The fourth-order valence-corrected chi connectivity index (χ4v) is 4.21. The Kier molecular flexibility index (Phi) is 4.41. The monoisotopic (exact) mass is 449 g/mol. The zero-order valence-electron chi connectivity index (χ0n) is 15.2. The highest BCUT2D eigenvalue weighted by molar-refractivity contribution is 9.10. The molecule has 2 aromatic carbocycles. The number of hydrogen-bond donors (Lipinski definition) is 0. The Morgan fingerprint density at radius 2 is 1.62 bits per heavy atom. The minimum atomic E-state index is -0.878. The first-order chi connectivity index (χ1) is 14.1. The predicted molar refractivity (Wildman–Crippen MR) is 111 cm³/mol. The number of anilines is 2. The van der Waals surface area contributed by atoms with E-state index in [1.807, 2.05) is 42.5 Å². The fourth-order valence-electron chi connectivity index (χ4n) is 3.95. The van der Waals surface area contributed by atoms with E-state index in [9.17, 15) is 9.59 Å². The Morgan fingerprint density at radius 3 is 2.31 bits per heavy atom. The van der Waals surface area contributed by atoms with E-state index < -0.39 is 18.1 Å². The maximum absolute atomic E-state index is 13.4. The number of carbonyl (C=O) groups excluding carboxylic acids is 2. The van der Waals surface area contributed by atoms with Gasteiger partial charge in [0.15, 0.2) is 6.10 Å². The van der Waals surface area contributed by atoms with Gasteiger partial charge < -0.3 is 0 Å². The van der Waals surface area contributed by atoms with Crippen LogP contribution in [0.15, 0.2) is 83.6 Å². The summed E-state index contributed by atoms with van der Waals surface area (Å²) in [4.78, 5) is 38.1. The Balaban J connectivity index is 1.58. The summed E-state index contributed by atoms with van der Waals surface area (Å²) in [6.45, 7) is 0. The van der Waals surface area contributed by atoms with Gasteiger partial charge in [0.2, 0.25) is 5.91 Å². The van der Waals surface area contributed by atoms with Crippen LogP contribution in [-0.2, 0) is 14.4 Å². The van der Waals surface area contributed by atoms with Gasteiger partial charge in [-0.25, -0.2) is 9.96 Å². The molecule has 2 amide bonds. The summed E-state index contributed by atoms with van der Waals surface area (Å²) in [7, 11) is 0. The molecule has 0 spiro atoms. The average molecular weight is 450 g/mol. The molecule has 29 heavy (non-hydrogen) atoms. The molecule has 7 heteroatoms. The first kappa shape index (κ1) is 18.0. The molecule has 3 aromatic rings. The highest BCUT2D eigenvalue weighted by atomic mass is 79.9. The van der Waals surface area contributed by atoms with Gasteiger partial charge in [-0.05, 0) is 48.0 Å². The smallest absolute Gasteiger partial charge is 0.266 e. The van der Waals surface area contributed by atoms with Crippen LogP contribution >= 0.6 is 15.9 Å². The standard InChI is InChI=1S/C22H16BrN3O3/c23-15-8-10-17(11-9-15)26-19(14-5-4-12-24-13-14)18-20(29-26)22(28)25(21(18)27)16-6-2-1-3-7-16/h1-13,18-20H/t18-,19+,20+/m1/s1. The van der Waals surface area contributed by atoms with Crippen LogP contribution < -0.4 is 9.96 Å². The molecule has 0 aliphatic carbocycles. The molecule has 144 valence electrons. The predicted octanol–water partition coefficient (Wildman–Crippen LogP) is 3.90. The second-order valence-electron chi connectivity index (χ2n) is 6.93. The molecule has 6 nitrogen and oxygen atoms in total. The number of hydroxylamine groups is 1. The molecular weight excluding hydrogens is 434 g/mol. The number of benzene rings is 2. The van der Waals surface area contributed by atoms with Crippen molar-refractivity contribution in [2.45, 2.75) is 12.1 Å². The Hall–Kier alpha value is -3.03. The minimum Gasteiger partial charge on any atom is -0.273 e. The van der Waals surface area contributed by atoms with Crippen LogP contribution in [0.2, 0.25) is 0 Å². The van der Waals surface area contributed by atoms with Crippen molar-refractivity contribution in [3.8, 4) is 0 Å². The van der Waals surface area contributed by atoms with Crippen molar-refractivity contribution in [2.24, 2.45) is 5.92 Å². The summed E-state index contributed by atoms with van der Waals surface area (Å²) < 4.78 is 0.931. The van der Waals surface area contributed by atoms with E-state index >= 15 is 0 Å². The summed E-state index contributed by atoms with van der Waals surface area (Å²) in [5.41, 5.74) is 2.14. The molecular formula is C22H16BrN3O3. The number of aromatic nitrogens is 1. The lowest BCUT2D eigenvalue weighted by atomic mass is 9.91. The normalized spacial score (nSPS) is 23.6. The van der Waals surface area contributed by atoms with Gasteiger partial charge in [-0.3, -0.25) is 19.4 Å². The van der Waals surface area contributed by atoms with Crippen LogP contribution in [-0.4, -0.2) is 22.9 Å². The summed E-state index contributed by atoms with van der Waals surface area (Å²) >= 11 is 3.43. The van der Waals surface area contributed by atoms with E-state index in [1.54, 1.807) is 41.7 Å². The third-order valence-corrected chi connectivity index (χ3v) is 5.77. The molecule has 3 heterocycles. The lowest BCUT2D eigenvalue weighted by Crippen LogP contribution is -2.37. The zero-order chi connectivity index (χ0) is 20.0. The third-order valence-electron chi connectivity index (χ3n) is 5.24. The first-order valence-electron chi connectivity index (χ1n) is 9.19. The van der Waals surface area contributed by atoms with E-state index in [0.29, 0.717) is 5.69 Å². The number of fused-ring (bicyclic) bond motifs is 1. The van der Waals surface area contributed by atoms with Crippen molar-refractivity contribution in [1.82, 2.24) is 4.98 Å². The molecule has 5 rings (SSSR count). The molecule has 2 aliphatic rings. The molecule has 0 unspecified atom stereocenters. The number of rotatable bonds is 3. The van der Waals surface area contributed by atoms with E-state index in [1.165, 1.54) is 4.90 Å². The van der Waals surface area contributed by atoms with Gasteiger partial charge in [-0.15, -0.1) is 0 Å². The van der Waals surface area contributed by atoms with Crippen molar-refractivity contribution in [1.29, 1.82) is 0 Å². The maximum Gasteiger partial charge on any atom is 0.266 e. The molecule has 0 saturated carbocycles. The van der Waals surface area contributed by atoms with Crippen LogP contribution in [0.3, 0.4) is 0 Å². The number of nitrogens with zero attached hydrogens (tertiary/aromatic N) is 3. The molecule has 2 aliphatic heterocycles. The van der Waals surface area contributed by atoms with Crippen molar-refractivity contribution < 1.29 is 14.4 Å². The SMILES string of the molecule is O=C1[C@H]2[C@H](ON(c3ccc(Br)cc3)[C@H]2c2cccnc2)C(=O)N1c1ccccc1. The zero-order valence-corrected chi connectivity index (χ0v) is 16.8. The summed E-state index contributed by atoms with van der Waals surface area (Å²) in [6.07, 6.45) is 2.51. The fraction of sp³-hybridized carbons (Fsp3) is 0.136. The van der Waals surface area contributed by atoms with Gasteiger partial charge in [-0.2, -0.15) is 0 Å². The van der Waals surface area contributed by atoms with Gasteiger partial charge >= 0.3 is 0 Å². The molecule has 0 bridgehead atoms. The number of carbonyl (C=O) groups is 2. The Morgan fingerprint density at radius 1 is 0.862 bits per heavy atom. The van der Waals surface area contributed by atoms with E-state index in [-0.39, 0.29) is 11.8 Å². The quantitative estimate of drug-likeness (QED) is 0.567. The second kappa shape index (κ2) is 7.09. The number of para-hydroxylation sites is 1. The largest absolute Gasteiger partial charge is 0.273 e. The first-order valence-corrected chi connectivity index (χ1v) is 9.99. The Bertz CT molecular complexity index is 1060. The maximum atomic E-state index is 13.4.